The van der Waals surface area contributed by atoms with Crippen molar-refractivity contribution in [3.05, 3.63) is 93.8 Å². The molecule has 3 aromatic carbocycles. The lowest BCUT2D eigenvalue weighted by Crippen LogP contribution is -2.50. The molecular weight excluding hydrogens is 573 g/mol. The second-order valence-corrected chi connectivity index (χ2v) is 11.8. The molecule has 1 aromatic heterocycles. The van der Waals surface area contributed by atoms with E-state index in [0.717, 1.165) is 40.4 Å². The van der Waals surface area contributed by atoms with Crippen molar-refractivity contribution in [3.63, 3.8) is 0 Å². The van der Waals surface area contributed by atoms with Crippen LogP contribution >= 0.6 is 0 Å². The molecule has 0 aliphatic carbocycles. The number of hydrogen-bond acceptors (Lipinski definition) is 6. The van der Waals surface area contributed by atoms with Crippen molar-refractivity contribution in [1.29, 1.82) is 0 Å². The Hall–Kier alpha value is -4.16. The number of rotatable bonds is 6. The number of halogens is 3. The Bertz CT molecular complexity index is 1860. The summed E-state index contributed by atoms with van der Waals surface area (Å²) < 4.78 is 76.2. The van der Waals surface area contributed by atoms with Gasteiger partial charge in [-0.1, -0.05) is 61.5 Å². The second kappa shape index (κ2) is 10.9. The maximum Gasteiger partial charge on any atom is 0.416 e. The van der Waals surface area contributed by atoms with Crippen molar-refractivity contribution >= 4 is 26.8 Å². The van der Waals surface area contributed by atoms with E-state index in [1.807, 2.05) is 24.3 Å². The summed E-state index contributed by atoms with van der Waals surface area (Å²) >= 11 is 0. The molecule has 4 aromatic rings. The number of carbonyl (C=O) groups is 1. The van der Waals surface area contributed by atoms with Gasteiger partial charge in [-0.05, 0) is 40.5 Å². The quantitative estimate of drug-likeness (QED) is 0.309. The van der Waals surface area contributed by atoms with E-state index in [1.165, 1.54) is 6.07 Å². The summed E-state index contributed by atoms with van der Waals surface area (Å²) in [6, 6.07) is 15.1. The van der Waals surface area contributed by atoms with Gasteiger partial charge in [0.2, 0.25) is 0 Å². The number of aromatic nitrogens is 1. The summed E-state index contributed by atoms with van der Waals surface area (Å²) in [5, 5.41) is 12.3. The van der Waals surface area contributed by atoms with Crippen molar-refractivity contribution in [3.8, 4) is 16.9 Å². The van der Waals surface area contributed by atoms with Gasteiger partial charge in [0.05, 0.1) is 12.7 Å². The molecule has 0 bridgehead atoms. The molecule has 0 saturated heterocycles. The van der Waals surface area contributed by atoms with Gasteiger partial charge in [0, 0.05) is 30.6 Å². The van der Waals surface area contributed by atoms with Crippen molar-refractivity contribution in [2.45, 2.75) is 37.0 Å². The minimum absolute atomic E-state index is 0.0222. The van der Waals surface area contributed by atoms with E-state index >= 15 is 0 Å². The average molecular weight is 601 g/mol. The van der Waals surface area contributed by atoms with Crippen LogP contribution < -0.4 is 5.56 Å². The molecule has 1 aliphatic rings. The number of methoxy groups -OCH3 is 1. The molecule has 1 N–H and O–H groups in total. The highest BCUT2D eigenvalue weighted by Gasteiger charge is 2.45. The van der Waals surface area contributed by atoms with E-state index in [-0.39, 0.29) is 29.7 Å². The van der Waals surface area contributed by atoms with E-state index in [1.54, 1.807) is 25.1 Å². The summed E-state index contributed by atoms with van der Waals surface area (Å²) in [6.07, 6.45) is -4.59. The van der Waals surface area contributed by atoms with E-state index in [0.29, 0.717) is 16.6 Å². The van der Waals surface area contributed by atoms with E-state index in [9.17, 15) is 36.3 Å². The van der Waals surface area contributed by atoms with Crippen molar-refractivity contribution in [2.75, 3.05) is 20.2 Å². The van der Waals surface area contributed by atoms with Crippen molar-refractivity contribution in [1.82, 2.24) is 8.87 Å². The smallest absolute Gasteiger partial charge is 0.416 e. The molecule has 1 atom stereocenters. The van der Waals surface area contributed by atoms with Crippen molar-refractivity contribution in [2.24, 2.45) is 0 Å². The highest BCUT2D eigenvalue weighted by molar-refractivity contribution is 7.89. The largest absolute Gasteiger partial charge is 0.503 e. The monoisotopic (exact) mass is 600 g/mol. The number of pyridine rings is 1. The fourth-order valence-electron chi connectivity index (χ4n) is 5.47. The van der Waals surface area contributed by atoms with Gasteiger partial charge in [0.15, 0.2) is 10.8 Å². The Labute approximate surface area is 239 Å². The van der Waals surface area contributed by atoms with E-state index < -0.39 is 56.7 Å². The first-order chi connectivity index (χ1) is 19.9. The first-order valence-corrected chi connectivity index (χ1v) is 14.6. The standard InChI is InChI=1S/C30H27F3N2O6S/c1-3-14-34-17-24(29(38)41-2)35-27(37)26(36)23(16-19-10-6-9-18-8-4-5-13-22(18)19)25(28(35)42(34,39)40)20-11-7-12-21(15-20)30(31,32)33/h4-13,15,24,36H,3,14,16-17H2,1-2H3. The predicted octanol–water partition coefficient (Wildman–Crippen LogP) is 5.11. The molecule has 0 radical (unpaired) electrons. The Balaban J connectivity index is 1.93. The summed E-state index contributed by atoms with van der Waals surface area (Å²) in [5.41, 5.74) is -2.27. The molecule has 0 amide bonds. The Morgan fingerprint density at radius 3 is 2.45 bits per heavy atom. The minimum atomic E-state index is -4.76. The first kappa shape index (κ1) is 29.3. The lowest BCUT2D eigenvalue weighted by Gasteiger charge is -2.35. The zero-order valence-electron chi connectivity index (χ0n) is 22.7. The second-order valence-electron chi connectivity index (χ2n) is 9.98. The molecular formula is C30H27F3N2O6S. The molecule has 2 heterocycles. The Morgan fingerprint density at radius 1 is 1.07 bits per heavy atom. The normalized spacial score (nSPS) is 16.7. The SMILES string of the molecule is CCCN1CC(C(=O)OC)n2c(c(-c3cccc(C(F)(F)F)c3)c(Cc3cccc4ccccc34)c(O)c2=O)S1(=O)=O. The van der Waals surface area contributed by atoms with Gasteiger partial charge in [-0.2, -0.15) is 17.5 Å². The number of fused-ring (bicyclic) bond motifs is 2. The van der Waals surface area contributed by atoms with Crippen LogP contribution in [0.2, 0.25) is 0 Å². The highest BCUT2D eigenvalue weighted by Crippen LogP contribution is 2.42. The molecule has 12 heteroatoms. The van der Waals surface area contributed by atoms with Crippen LogP contribution in [0.15, 0.2) is 76.6 Å². The van der Waals surface area contributed by atoms with Gasteiger partial charge in [0.1, 0.15) is 6.04 Å². The number of alkyl halides is 3. The van der Waals surface area contributed by atoms with Gasteiger partial charge in [-0.15, -0.1) is 0 Å². The molecule has 8 nitrogen and oxygen atoms in total. The highest BCUT2D eigenvalue weighted by atomic mass is 32.2. The van der Waals surface area contributed by atoms with Crippen LogP contribution in [0.4, 0.5) is 13.2 Å². The topological polar surface area (TPSA) is 106 Å². The van der Waals surface area contributed by atoms with Crippen LogP contribution in [-0.4, -0.2) is 48.6 Å². The molecule has 0 spiro atoms. The fourth-order valence-corrected chi connectivity index (χ4v) is 7.43. The lowest BCUT2D eigenvalue weighted by atomic mass is 9.92. The third kappa shape index (κ3) is 4.94. The molecule has 220 valence electrons. The van der Waals surface area contributed by atoms with Gasteiger partial charge in [0.25, 0.3) is 15.6 Å². The number of carbonyl (C=O) groups excluding carboxylic acids is 1. The summed E-state index contributed by atoms with van der Waals surface area (Å²) in [6.45, 7) is 1.26. The molecule has 1 unspecified atom stereocenters. The maximum absolute atomic E-state index is 14.1. The summed E-state index contributed by atoms with van der Waals surface area (Å²) in [5.74, 6) is -1.81. The van der Waals surface area contributed by atoms with Crippen LogP contribution in [0.5, 0.6) is 5.75 Å². The molecule has 1 aliphatic heterocycles. The van der Waals surface area contributed by atoms with Gasteiger partial charge in [-0.25, -0.2) is 13.2 Å². The number of nitrogens with zero attached hydrogens (tertiary/aromatic N) is 2. The van der Waals surface area contributed by atoms with Gasteiger partial charge >= 0.3 is 12.1 Å². The number of aromatic hydroxyl groups is 1. The molecule has 0 fully saturated rings. The first-order valence-electron chi connectivity index (χ1n) is 13.1. The number of benzene rings is 3. The third-order valence-electron chi connectivity index (χ3n) is 7.39. The zero-order valence-corrected chi connectivity index (χ0v) is 23.5. The maximum atomic E-state index is 14.1. The van der Waals surface area contributed by atoms with Crippen LogP contribution in [0, 0.1) is 0 Å². The number of sulfonamides is 1. The van der Waals surface area contributed by atoms with Crippen LogP contribution in [0.1, 0.15) is 36.1 Å². The number of hydrogen-bond donors (Lipinski definition) is 1. The van der Waals surface area contributed by atoms with Gasteiger partial charge < -0.3 is 9.84 Å². The molecule has 5 rings (SSSR count). The van der Waals surface area contributed by atoms with Crippen LogP contribution in [0.25, 0.3) is 21.9 Å². The zero-order chi connectivity index (χ0) is 30.4. The van der Waals surface area contributed by atoms with E-state index in [2.05, 4.69) is 0 Å². The minimum Gasteiger partial charge on any atom is -0.503 e. The summed E-state index contributed by atoms with van der Waals surface area (Å²) in [7, 11) is -3.47. The number of ether oxygens (including phenoxy) is 1. The predicted molar refractivity (Wildman–Crippen MR) is 150 cm³/mol. The summed E-state index contributed by atoms with van der Waals surface area (Å²) in [4.78, 5) is 26.6. The van der Waals surface area contributed by atoms with Crippen LogP contribution in [-0.2, 0) is 32.2 Å². The Morgan fingerprint density at radius 2 is 1.76 bits per heavy atom. The van der Waals surface area contributed by atoms with Crippen molar-refractivity contribution < 1.29 is 36.2 Å². The average Bonchev–Trinajstić information content (AvgIpc) is 2.96. The Kier molecular flexibility index (Phi) is 7.62. The number of esters is 1. The lowest BCUT2D eigenvalue weighted by molar-refractivity contribution is -0.145. The fraction of sp³-hybridized carbons (Fsp3) is 0.267. The van der Waals surface area contributed by atoms with Gasteiger partial charge in [-0.3, -0.25) is 9.36 Å². The van der Waals surface area contributed by atoms with E-state index in [4.69, 9.17) is 4.74 Å². The molecule has 42 heavy (non-hydrogen) atoms. The molecule has 0 saturated carbocycles. The van der Waals surface area contributed by atoms with Crippen LogP contribution in [0.3, 0.4) is 0 Å². The third-order valence-corrected chi connectivity index (χ3v) is 9.29.